The molecule has 2 aromatic heterocycles. The van der Waals surface area contributed by atoms with Crippen LogP contribution in [-0.4, -0.2) is 38.9 Å². The number of ether oxygens (including phenoxy) is 1. The number of aliphatic hydroxyl groups excluding tert-OH is 1. The number of aliphatic hydroxyl groups is 1. The van der Waals surface area contributed by atoms with Crippen molar-refractivity contribution >= 4 is 29.2 Å². The van der Waals surface area contributed by atoms with Gasteiger partial charge in [0.25, 0.3) is 0 Å². The number of pyridine rings is 1. The summed E-state index contributed by atoms with van der Waals surface area (Å²) < 4.78 is 11.3. The first kappa shape index (κ1) is 27.2. The third kappa shape index (κ3) is 6.02. The van der Waals surface area contributed by atoms with E-state index in [1.54, 1.807) is 50.2 Å². The fraction of sp³-hybridized carbons (Fsp3) is 0.179. The average molecular weight is 542 g/mol. The van der Waals surface area contributed by atoms with Gasteiger partial charge < -0.3 is 25.1 Å². The number of aryl methyl sites for hydroxylation is 1. The number of oxazole rings is 1. The van der Waals surface area contributed by atoms with Crippen LogP contribution in [0, 0.1) is 24.8 Å². The van der Waals surface area contributed by atoms with E-state index in [4.69, 9.17) is 26.6 Å². The lowest BCUT2D eigenvalue weighted by atomic mass is 10.00. The second-order valence-corrected chi connectivity index (χ2v) is 9.47. The molecule has 39 heavy (non-hydrogen) atoms. The summed E-state index contributed by atoms with van der Waals surface area (Å²) in [5.74, 6) is 0.742. The molecule has 1 atom stereocenters. The van der Waals surface area contributed by atoms with E-state index in [0.717, 1.165) is 0 Å². The molecule has 0 amide bonds. The molecular weight excluding hydrogens is 518 g/mol. The maximum absolute atomic E-state index is 11.1. The van der Waals surface area contributed by atoms with Gasteiger partial charge in [-0.05, 0) is 55.8 Å². The molecule has 0 aliphatic rings. The highest BCUT2D eigenvalue weighted by Crippen LogP contribution is 2.42. The van der Waals surface area contributed by atoms with Gasteiger partial charge in [0, 0.05) is 16.9 Å². The fourth-order valence-corrected chi connectivity index (χ4v) is 4.68. The number of aromatic nitrogens is 2. The lowest BCUT2D eigenvalue weighted by Crippen LogP contribution is -2.12. The van der Waals surface area contributed by atoms with Crippen molar-refractivity contribution in [2.45, 2.75) is 30.7 Å². The molecule has 2 heterocycles. The second kappa shape index (κ2) is 11.7. The molecule has 0 saturated carbocycles. The predicted octanol–water partition coefficient (Wildman–Crippen LogP) is 5.47. The van der Waals surface area contributed by atoms with Crippen molar-refractivity contribution in [2.75, 3.05) is 12.3 Å². The summed E-state index contributed by atoms with van der Waals surface area (Å²) in [6, 6.07) is 15.2. The minimum absolute atomic E-state index is 0.00650. The summed E-state index contributed by atoms with van der Waals surface area (Å²) in [6.07, 6.45) is -0.620. The third-order valence-corrected chi connectivity index (χ3v) is 6.63. The number of thioether (sulfide) groups is 1. The minimum atomic E-state index is -1.02. The van der Waals surface area contributed by atoms with Crippen molar-refractivity contribution in [1.29, 1.82) is 5.26 Å². The number of nitriles is 1. The number of hydrogen-bond donors (Lipinski definition) is 3. The van der Waals surface area contributed by atoms with Crippen LogP contribution in [0.25, 0.3) is 27.4 Å². The maximum atomic E-state index is 11.1. The van der Waals surface area contributed by atoms with Gasteiger partial charge >= 0.3 is 5.97 Å². The number of hydrogen-bond acceptors (Lipinski definition) is 9. The molecule has 0 saturated heterocycles. The monoisotopic (exact) mass is 541 g/mol. The Hall–Kier alpha value is -4.84. The van der Waals surface area contributed by atoms with Crippen LogP contribution in [-0.2, 0) is 5.75 Å². The zero-order chi connectivity index (χ0) is 28.1. The topological polar surface area (TPSA) is 160 Å². The van der Waals surface area contributed by atoms with E-state index in [1.165, 1.54) is 23.9 Å². The van der Waals surface area contributed by atoms with E-state index >= 15 is 0 Å². The summed E-state index contributed by atoms with van der Waals surface area (Å²) in [5.41, 5.74) is 8.82. The van der Waals surface area contributed by atoms with Crippen LogP contribution in [0.3, 0.4) is 0 Å². The lowest BCUT2D eigenvalue weighted by molar-refractivity contribution is 0.0697. The van der Waals surface area contributed by atoms with E-state index in [0.29, 0.717) is 50.6 Å². The van der Waals surface area contributed by atoms with E-state index < -0.39 is 12.1 Å². The normalized spacial score (nSPS) is 11.4. The smallest absolute Gasteiger partial charge is 0.335 e. The fourth-order valence-electron chi connectivity index (χ4n) is 3.69. The Bertz CT molecular complexity index is 1600. The number of carboxylic acids is 1. The van der Waals surface area contributed by atoms with Gasteiger partial charge in [0.05, 0.1) is 29.5 Å². The van der Waals surface area contributed by atoms with Gasteiger partial charge in [-0.1, -0.05) is 23.9 Å². The van der Waals surface area contributed by atoms with Gasteiger partial charge in [0.15, 0.2) is 0 Å². The molecule has 4 N–H and O–H groups in total. The number of nitrogen functional groups attached to an aromatic ring is 1. The van der Waals surface area contributed by atoms with Crippen LogP contribution in [0.2, 0.25) is 0 Å². The van der Waals surface area contributed by atoms with Crippen LogP contribution in [0.15, 0.2) is 58.0 Å². The summed E-state index contributed by atoms with van der Waals surface area (Å²) in [5, 5.41) is 28.9. The van der Waals surface area contributed by atoms with Crippen molar-refractivity contribution in [2.24, 2.45) is 0 Å². The van der Waals surface area contributed by atoms with Gasteiger partial charge in [-0.2, -0.15) is 5.26 Å². The number of rotatable bonds is 9. The van der Waals surface area contributed by atoms with E-state index in [-0.39, 0.29) is 29.2 Å². The predicted molar refractivity (Wildman–Crippen MR) is 145 cm³/mol. The summed E-state index contributed by atoms with van der Waals surface area (Å²) in [4.78, 5) is 23.5. The molecule has 4 aromatic rings. The highest BCUT2D eigenvalue weighted by molar-refractivity contribution is 7.98. The molecule has 2 aromatic carbocycles. The first-order chi connectivity index (χ1) is 18.7. The van der Waals surface area contributed by atoms with E-state index in [9.17, 15) is 15.2 Å². The van der Waals surface area contributed by atoms with Gasteiger partial charge in [-0.15, -0.1) is 0 Å². The molecule has 0 spiro atoms. The van der Waals surface area contributed by atoms with Crippen molar-refractivity contribution in [1.82, 2.24) is 9.97 Å². The molecule has 4 rings (SSSR count). The van der Waals surface area contributed by atoms with E-state index in [2.05, 4.69) is 20.9 Å². The number of benzene rings is 2. The Morgan fingerprint density at radius 3 is 2.46 bits per heavy atom. The van der Waals surface area contributed by atoms with Crippen LogP contribution in [0.4, 0.5) is 11.5 Å². The minimum Gasteiger partial charge on any atom is -0.491 e. The van der Waals surface area contributed by atoms with Crippen LogP contribution in [0.5, 0.6) is 5.75 Å². The van der Waals surface area contributed by atoms with Crippen LogP contribution < -0.4 is 10.5 Å². The van der Waals surface area contributed by atoms with Crippen LogP contribution >= 0.6 is 11.8 Å². The zero-order valence-corrected chi connectivity index (χ0v) is 21.8. The molecule has 0 bridgehead atoms. The maximum Gasteiger partial charge on any atom is 0.335 e. The standard InChI is InChI=1S/C28H23N5O5S/c1-15(34)13-37-20-10-8-17(9-11-20)23-21(12-29)27(33-25(30)24(23)31-3)39-14-22-16(2)38-26(32-22)18-4-6-19(7-5-18)28(35)36/h4-11,15,34H,13-14H2,1-2H3,(H2,30,33)(H,35,36)/t15-/m0/s1. The Balaban J connectivity index is 1.63. The first-order valence-electron chi connectivity index (χ1n) is 11.7. The Morgan fingerprint density at radius 1 is 1.21 bits per heavy atom. The van der Waals surface area contributed by atoms with Crippen molar-refractivity contribution in [3.63, 3.8) is 0 Å². The number of nitrogens with zero attached hydrogens (tertiary/aromatic N) is 4. The van der Waals surface area contributed by atoms with Gasteiger partial charge in [0.1, 0.15) is 35.0 Å². The van der Waals surface area contributed by atoms with Crippen molar-refractivity contribution in [3.8, 4) is 34.4 Å². The molecule has 0 unspecified atom stereocenters. The van der Waals surface area contributed by atoms with Gasteiger partial charge in [0.2, 0.25) is 11.6 Å². The molecule has 0 fully saturated rings. The number of carbonyl (C=O) groups is 1. The van der Waals surface area contributed by atoms with Crippen molar-refractivity contribution < 1.29 is 24.2 Å². The second-order valence-electron chi connectivity index (χ2n) is 8.50. The first-order valence-corrected chi connectivity index (χ1v) is 12.7. The highest BCUT2D eigenvalue weighted by Gasteiger charge is 2.22. The third-order valence-electron chi connectivity index (χ3n) is 5.64. The van der Waals surface area contributed by atoms with Gasteiger partial charge in [-0.3, -0.25) is 0 Å². The number of nitrogens with two attached hydrogens (primary N) is 1. The molecular formula is C28H23N5O5S. The lowest BCUT2D eigenvalue weighted by Gasteiger charge is -2.14. The van der Waals surface area contributed by atoms with E-state index in [1.807, 2.05) is 0 Å². The number of anilines is 1. The average Bonchev–Trinajstić information content (AvgIpc) is 3.30. The largest absolute Gasteiger partial charge is 0.491 e. The molecule has 11 heteroatoms. The zero-order valence-electron chi connectivity index (χ0n) is 21.0. The molecule has 0 radical (unpaired) electrons. The van der Waals surface area contributed by atoms with Crippen LogP contribution in [0.1, 0.15) is 34.3 Å². The quantitative estimate of drug-likeness (QED) is 0.183. The van der Waals surface area contributed by atoms with Crippen molar-refractivity contribution in [3.05, 3.63) is 82.5 Å². The SMILES string of the molecule is [C-]#[N+]c1c(N)nc(SCc2nc(-c3ccc(C(=O)O)cc3)oc2C)c(C#N)c1-c1ccc(OC[C@H](C)O)cc1. The summed E-state index contributed by atoms with van der Waals surface area (Å²) >= 11 is 1.24. The molecule has 0 aliphatic carbocycles. The highest BCUT2D eigenvalue weighted by atomic mass is 32.2. The van der Waals surface area contributed by atoms with Gasteiger partial charge in [-0.25, -0.2) is 19.6 Å². The Kier molecular flexibility index (Phi) is 8.15. The Morgan fingerprint density at radius 2 is 1.87 bits per heavy atom. The summed E-state index contributed by atoms with van der Waals surface area (Å²) in [7, 11) is 0. The molecule has 0 aliphatic heterocycles. The molecule has 10 nitrogen and oxygen atoms in total. The summed E-state index contributed by atoms with van der Waals surface area (Å²) in [6.45, 7) is 11.2. The molecule has 196 valence electrons. The number of carboxylic acid groups (broad SMARTS) is 1. The number of aromatic carboxylic acids is 1. The Labute approximate surface area is 228 Å².